The van der Waals surface area contributed by atoms with Crippen LogP contribution in [0.4, 0.5) is 4.39 Å². The van der Waals surface area contributed by atoms with Gasteiger partial charge in [0.05, 0.1) is 12.2 Å². The van der Waals surface area contributed by atoms with Gasteiger partial charge in [0.1, 0.15) is 39.5 Å². The first-order chi connectivity index (χ1) is 13.0. The van der Waals surface area contributed by atoms with Crippen LogP contribution in [0.1, 0.15) is 10.7 Å². The Morgan fingerprint density at radius 1 is 1.30 bits per heavy atom. The fourth-order valence-electron chi connectivity index (χ4n) is 2.59. The molecule has 138 valence electrons. The first-order valence-electron chi connectivity index (χ1n) is 7.90. The summed E-state index contributed by atoms with van der Waals surface area (Å²) in [6.07, 6.45) is 1.49. The molecule has 0 amide bonds. The fourth-order valence-corrected chi connectivity index (χ4v) is 3.87. The molecule has 10 heteroatoms. The number of rotatable bonds is 5. The Bertz CT molecular complexity index is 1170. The Labute approximate surface area is 165 Å². The standard InChI is InChI=1S/C17H13BrFN5O2S/c1-23-16-14(15(18)22-23)17(25)24(9-20-16)6-11-8-27-13(21-11)7-26-12-4-2-10(19)3-5-12/h2-5,8-9H,6-7H2,1H3. The second kappa shape index (κ2) is 7.20. The van der Waals surface area contributed by atoms with E-state index in [0.717, 1.165) is 10.7 Å². The van der Waals surface area contributed by atoms with E-state index >= 15 is 0 Å². The van der Waals surface area contributed by atoms with Gasteiger partial charge in [-0.2, -0.15) is 5.10 Å². The average Bonchev–Trinajstić information content (AvgIpc) is 3.21. The zero-order chi connectivity index (χ0) is 19.0. The quantitative estimate of drug-likeness (QED) is 0.467. The molecule has 0 N–H and O–H groups in total. The van der Waals surface area contributed by atoms with Gasteiger partial charge in [0, 0.05) is 12.4 Å². The number of hydrogen-bond acceptors (Lipinski definition) is 6. The number of fused-ring (bicyclic) bond motifs is 1. The summed E-state index contributed by atoms with van der Waals surface area (Å²) in [5.74, 6) is 0.260. The van der Waals surface area contributed by atoms with Gasteiger partial charge in [-0.25, -0.2) is 19.0 Å². The molecule has 0 fully saturated rings. The van der Waals surface area contributed by atoms with Crippen LogP contribution in [0, 0.1) is 5.82 Å². The maximum atomic E-state index is 12.9. The topological polar surface area (TPSA) is 74.8 Å². The van der Waals surface area contributed by atoms with Crippen LogP contribution >= 0.6 is 27.3 Å². The first-order valence-corrected chi connectivity index (χ1v) is 9.58. The van der Waals surface area contributed by atoms with Crippen LogP contribution in [-0.2, 0) is 20.2 Å². The number of thiazole rings is 1. The number of nitrogens with zero attached hydrogens (tertiary/aromatic N) is 5. The highest BCUT2D eigenvalue weighted by Crippen LogP contribution is 2.18. The summed E-state index contributed by atoms with van der Waals surface area (Å²) in [6, 6.07) is 5.82. The van der Waals surface area contributed by atoms with Gasteiger partial charge in [-0.1, -0.05) is 0 Å². The summed E-state index contributed by atoms with van der Waals surface area (Å²) in [4.78, 5) is 21.5. The molecule has 4 rings (SSSR count). The average molecular weight is 450 g/mol. The first kappa shape index (κ1) is 17.8. The van der Waals surface area contributed by atoms with Gasteiger partial charge in [0.25, 0.3) is 5.56 Å². The van der Waals surface area contributed by atoms with Gasteiger partial charge in [-0.15, -0.1) is 11.3 Å². The number of aromatic nitrogens is 5. The van der Waals surface area contributed by atoms with Crippen LogP contribution in [-0.4, -0.2) is 24.3 Å². The normalized spacial score (nSPS) is 11.2. The minimum Gasteiger partial charge on any atom is -0.486 e. The van der Waals surface area contributed by atoms with Crippen LogP contribution in [0.15, 0.2) is 45.4 Å². The lowest BCUT2D eigenvalue weighted by Gasteiger charge is -2.04. The molecular formula is C17H13BrFN5O2S. The summed E-state index contributed by atoms with van der Waals surface area (Å²) in [7, 11) is 1.73. The molecule has 0 atom stereocenters. The van der Waals surface area contributed by atoms with Crippen molar-refractivity contribution in [3.05, 3.63) is 67.4 Å². The Kier molecular flexibility index (Phi) is 4.75. The molecule has 4 aromatic rings. The highest BCUT2D eigenvalue weighted by atomic mass is 79.9. The smallest absolute Gasteiger partial charge is 0.266 e. The number of halogens is 2. The molecular weight excluding hydrogens is 437 g/mol. The molecule has 0 radical (unpaired) electrons. The van der Waals surface area contributed by atoms with Crippen molar-refractivity contribution >= 4 is 38.3 Å². The third-order valence-electron chi connectivity index (χ3n) is 3.88. The highest BCUT2D eigenvalue weighted by molar-refractivity contribution is 9.10. The lowest BCUT2D eigenvalue weighted by molar-refractivity contribution is 0.305. The maximum absolute atomic E-state index is 12.9. The van der Waals surface area contributed by atoms with E-state index in [1.165, 1.54) is 34.4 Å². The zero-order valence-corrected chi connectivity index (χ0v) is 16.5. The number of benzene rings is 1. The molecule has 3 aromatic heterocycles. The van der Waals surface area contributed by atoms with Crippen molar-refractivity contribution in [3.8, 4) is 5.75 Å². The lowest BCUT2D eigenvalue weighted by atomic mass is 10.3. The fraction of sp³-hybridized carbons (Fsp3) is 0.176. The van der Waals surface area contributed by atoms with Crippen LogP contribution in [0.2, 0.25) is 0 Å². The van der Waals surface area contributed by atoms with Crippen LogP contribution in [0.25, 0.3) is 11.0 Å². The summed E-state index contributed by atoms with van der Waals surface area (Å²) in [5.41, 5.74) is 1.08. The summed E-state index contributed by atoms with van der Waals surface area (Å²) in [6.45, 7) is 0.576. The zero-order valence-electron chi connectivity index (χ0n) is 14.1. The predicted molar refractivity (Wildman–Crippen MR) is 102 cm³/mol. The summed E-state index contributed by atoms with van der Waals surface area (Å²) >= 11 is 4.74. The van der Waals surface area contributed by atoms with Gasteiger partial charge >= 0.3 is 0 Å². The molecule has 3 heterocycles. The Morgan fingerprint density at radius 2 is 2.07 bits per heavy atom. The predicted octanol–water partition coefficient (Wildman–Crippen LogP) is 3.12. The summed E-state index contributed by atoms with van der Waals surface area (Å²) in [5, 5.41) is 7.24. The largest absolute Gasteiger partial charge is 0.486 e. The minimum atomic E-state index is -0.310. The van der Waals surface area contributed by atoms with E-state index in [0.29, 0.717) is 27.9 Å². The van der Waals surface area contributed by atoms with Crippen molar-refractivity contribution < 1.29 is 9.13 Å². The minimum absolute atomic E-state index is 0.183. The third kappa shape index (κ3) is 3.62. The molecule has 27 heavy (non-hydrogen) atoms. The van der Waals surface area contributed by atoms with E-state index in [-0.39, 0.29) is 18.0 Å². The van der Waals surface area contributed by atoms with Crippen LogP contribution in [0.5, 0.6) is 5.75 Å². The summed E-state index contributed by atoms with van der Waals surface area (Å²) < 4.78 is 22.0. The molecule has 0 aliphatic carbocycles. The van der Waals surface area contributed by atoms with E-state index < -0.39 is 0 Å². The molecule has 0 saturated carbocycles. The van der Waals surface area contributed by atoms with Gasteiger partial charge in [-0.05, 0) is 40.2 Å². The van der Waals surface area contributed by atoms with Crippen molar-refractivity contribution in [1.82, 2.24) is 24.3 Å². The Hall–Kier alpha value is -2.59. The third-order valence-corrected chi connectivity index (χ3v) is 5.30. The van der Waals surface area contributed by atoms with Crippen LogP contribution in [0.3, 0.4) is 0 Å². The molecule has 7 nitrogen and oxygen atoms in total. The molecule has 0 saturated heterocycles. The van der Waals surface area contributed by atoms with E-state index in [2.05, 4.69) is 31.0 Å². The van der Waals surface area contributed by atoms with E-state index in [1.807, 2.05) is 5.38 Å². The lowest BCUT2D eigenvalue weighted by Crippen LogP contribution is -2.21. The van der Waals surface area contributed by atoms with Crippen molar-refractivity contribution in [2.45, 2.75) is 13.2 Å². The SMILES string of the molecule is Cn1nc(Br)c2c(=O)n(Cc3csc(COc4ccc(F)cc4)n3)cnc21. The monoisotopic (exact) mass is 449 g/mol. The van der Waals surface area contributed by atoms with Crippen molar-refractivity contribution in [2.24, 2.45) is 7.05 Å². The highest BCUT2D eigenvalue weighted by Gasteiger charge is 2.14. The number of ether oxygens (including phenoxy) is 1. The molecule has 0 aliphatic heterocycles. The van der Waals surface area contributed by atoms with E-state index in [1.54, 1.807) is 23.9 Å². The molecule has 0 bridgehead atoms. The molecule has 0 spiro atoms. The van der Waals surface area contributed by atoms with Gasteiger partial charge in [0.15, 0.2) is 5.65 Å². The molecule has 0 aliphatic rings. The number of hydrogen-bond donors (Lipinski definition) is 0. The Morgan fingerprint density at radius 3 is 2.85 bits per heavy atom. The second-order valence-corrected chi connectivity index (χ2v) is 7.46. The van der Waals surface area contributed by atoms with Gasteiger partial charge < -0.3 is 4.74 Å². The molecule has 0 unspecified atom stereocenters. The van der Waals surface area contributed by atoms with E-state index in [9.17, 15) is 9.18 Å². The van der Waals surface area contributed by atoms with Gasteiger partial charge in [0.2, 0.25) is 0 Å². The molecule has 1 aromatic carbocycles. The van der Waals surface area contributed by atoms with Crippen molar-refractivity contribution in [2.75, 3.05) is 0 Å². The maximum Gasteiger partial charge on any atom is 0.266 e. The van der Waals surface area contributed by atoms with Crippen molar-refractivity contribution in [1.29, 1.82) is 0 Å². The van der Waals surface area contributed by atoms with Crippen molar-refractivity contribution in [3.63, 3.8) is 0 Å². The van der Waals surface area contributed by atoms with Gasteiger partial charge in [-0.3, -0.25) is 9.36 Å². The van der Waals surface area contributed by atoms with E-state index in [4.69, 9.17) is 4.74 Å². The second-order valence-electron chi connectivity index (χ2n) is 5.77. The Balaban J connectivity index is 1.50. The van der Waals surface area contributed by atoms with Crippen LogP contribution < -0.4 is 10.3 Å². The number of aryl methyl sites for hydroxylation is 1.